The highest BCUT2D eigenvalue weighted by atomic mass is 32.1. The number of anilines is 2. The number of nitrogens with one attached hydrogen (secondary N) is 1. The van der Waals surface area contributed by atoms with Crippen LogP contribution in [0.3, 0.4) is 0 Å². The van der Waals surface area contributed by atoms with E-state index in [0.717, 1.165) is 22.5 Å². The zero-order valence-electron chi connectivity index (χ0n) is 11.3. The van der Waals surface area contributed by atoms with Crippen molar-refractivity contribution in [2.24, 2.45) is 0 Å². The monoisotopic (exact) mass is 287 g/mol. The van der Waals surface area contributed by atoms with Crippen molar-refractivity contribution in [1.29, 1.82) is 0 Å². The van der Waals surface area contributed by atoms with Gasteiger partial charge in [0.15, 0.2) is 0 Å². The van der Waals surface area contributed by atoms with Crippen molar-refractivity contribution in [3.05, 3.63) is 46.9 Å². The Labute approximate surface area is 120 Å². The molecule has 0 spiro atoms. The first-order valence-electron chi connectivity index (χ1n) is 6.45. The Balaban J connectivity index is 2.08. The maximum atomic E-state index is 13.3. The minimum Gasteiger partial charge on any atom is -0.339 e. The second-order valence-corrected chi connectivity index (χ2v) is 5.66. The van der Waals surface area contributed by atoms with Gasteiger partial charge in [0.2, 0.25) is 0 Å². The van der Waals surface area contributed by atoms with Crippen molar-refractivity contribution >= 4 is 33.1 Å². The van der Waals surface area contributed by atoms with E-state index in [4.69, 9.17) is 0 Å². The average molecular weight is 287 g/mol. The first-order chi connectivity index (χ1) is 9.65. The van der Waals surface area contributed by atoms with Crippen molar-refractivity contribution in [3.63, 3.8) is 0 Å². The SMILES string of the molecule is CCc1cc2c(Nc3cccc(F)c3)nc(C)nc2s1. The van der Waals surface area contributed by atoms with Crippen LogP contribution in [0.5, 0.6) is 0 Å². The van der Waals surface area contributed by atoms with Crippen molar-refractivity contribution < 1.29 is 4.39 Å². The number of benzene rings is 1. The fourth-order valence-electron chi connectivity index (χ4n) is 2.05. The van der Waals surface area contributed by atoms with Gasteiger partial charge in [-0.2, -0.15) is 0 Å². The normalized spacial score (nSPS) is 10.9. The van der Waals surface area contributed by atoms with E-state index in [1.54, 1.807) is 17.4 Å². The molecule has 2 heterocycles. The molecule has 3 aromatic rings. The number of fused-ring (bicyclic) bond motifs is 1. The van der Waals surface area contributed by atoms with E-state index in [0.29, 0.717) is 11.5 Å². The molecule has 3 nitrogen and oxygen atoms in total. The second kappa shape index (κ2) is 5.17. The molecule has 0 bridgehead atoms. The summed E-state index contributed by atoms with van der Waals surface area (Å²) in [4.78, 5) is 11.1. The van der Waals surface area contributed by atoms with Gasteiger partial charge in [-0.05, 0) is 37.6 Å². The van der Waals surface area contributed by atoms with E-state index >= 15 is 0 Å². The largest absolute Gasteiger partial charge is 0.339 e. The Kier molecular flexibility index (Phi) is 3.36. The second-order valence-electron chi connectivity index (χ2n) is 4.54. The number of nitrogens with zero attached hydrogens (tertiary/aromatic N) is 2. The van der Waals surface area contributed by atoms with Gasteiger partial charge in [-0.1, -0.05) is 13.0 Å². The fourth-order valence-corrected chi connectivity index (χ4v) is 3.06. The Morgan fingerprint density at radius 3 is 2.85 bits per heavy atom. The summed E-state index contributed by atoms with van der Waals surface area (Å²) in [5.41, 5.74) is 0.689. The predicted octanol–water partition coefficient (Wildman–Crippen LogP) is 4.44. The van der Waals surface area contributed by atoms with Crippen LogP contribution in [0.2, 0.25) is 0 Å². The van der Waals surface area contributed by atoms with Crippen LogP contribution in [-0.2, 0) is 6.42 Å². The summed E-state index contributed by atoms with van der Waals surface area (Å²) in [5, 5.41) is 4.17. The molecule has 0 fully saturated rings. The topological polar surface area (TPSA) is 37.8 Å². The lowest BCUT2D eigenvalue weighted by Gasteiger charge is -2.07. The summed E-state index contributed by atoms with van der Waals surface area (Å²) in [6.45, 7) is 3.98. The molecule has 1 N–H and O–H groups in total. The Morgan fingerprint density at radius 2 is 2.10 bits per heavy atom. The zero-order chi connectivity index (χ0) is 14.1. The van der Waals surface area contributed by atoms with E-state index in [1.165, 1.54) is 17.0 Å². The lowest BCUT2D eigenvalue weighted by Crippen LogP contribution is -1.97. The molecule has 20 heavy (non-hydrogen) atoms. The molecule has 102 valence electrons. The summed E-state index contributed by atoms with van der Waals surface area (Å²) in [7, 11) is 0. The van der Waals surface area contributed by atoms with Crippen LogP contribution in [0.25, 0.3) is 10.2 Å². The van der Waals surface area contributed by atoms with E-state index < -0.39 is 0 Å². The third kappa shape index (κ3) is 2.49. The number of halogens is 1. The molecular weight excluding hydrogens is 273 g/mol. The average Bonchev–Trinajstić information content (AvgIpc) is 2.82. The lowest BCUT2D eigenvalue weighted by molar-refractivity contribution is 0.628. The molecule has 0 saturated carbocycles. The number of hydrogen-bond acceptors (Lipinski definition) is 4. The summed E-state index contributed by atoms with van der Waals surface area (Å²) < 4.78 is 13.3. The molecule has 0 aliphatic rings. The van der Waals surface area contributed by atoms with Gasteiger partial charge >= 0.3 is 0 Å². The smallest absolute Gasteiger partial charge is 0.142 e. The van der Waals surface area contributed by atoms with Crippen LogP contribution in [0.15, 0.2) is 30.3 Å². The van der Waals surface area contributed by atoms with Gasteiger partial charge < -0.3 is 5.32 Å². The van der Waals surface area contributed by atoms with Gasteiger partial charge in [0, 0.05) is 10.6 Å². The minimum absolute atomic E-state index is 0.267. The third-order valence-corrected chi connectivity index (χ3v) is 4.16. The zero-order valence-corrected chi connectivity index (χ0v) is 12.1. The molecule has 5 heteroatoms. The van der Waals surface area contributed by atoms with Crippen molar-refractivity contribution in [1.82, 2.24) is 9.97 Å². The number of hydrogen-bond donors (Lipinski definition) is 1. The maximum Gasteiger partial charge on any atom is 0.142 e. The summed E-state index contributed by atoms with van der Waals surface area (Å²) in [5.74, 6) is 1.17. The first kappa shape index (κ1) is 13.0. The van der Waals surface area contributed by atoms with Gasteiger partial charge in [-0.25, -0.2) is 14.4 Å². The number of thiophene rings is 1. The van der Waals surface area contributed by atoms with Gasteiger partial charge in [-0.3, -0.25) is 0 Å². The van der Waals surface area contributed by atoms with Crippen molar-refractivity contribution in [2.75, 3.05) is 5.32 Å². The predicted molar refractivity (Wildman–Crippen MR) is 81.2 cm³/mol. The van der Waals surface area contributed by atoms with E-state index in [2.05, 4.69) is 28.3 Å². The molecule has 0 atom stereocenters. The number of aromatic nitrogens is 2. The fraction of sp³-hybridized carbons (Fsp3) is 0.200. The highest BCUT2D eigenvalue weighted by Gasteiger charge is 2.10. The molecule has 0 amide bonds. The van der Waals surface area contributed by atoms with Crippen LogP contribution in [0.1, 0.15) is 17.6 Å². The van der Waals surface area contributed by atoms with Gasteiger partial charge in [0.1, 0.15) is 22.3 Å². The van der Waals surface area contributed by atoms with Gasteiger partial charge in [0.05, 0.1) is 5.39 Å². The van der Waals surface area contributed by atoms with Crippen LogP contribution >= 0.6 is 11.3 Å². The molecule has 0 aliphatic heterocycles. The van der Waals surface area contributed by atoms with Gasteiger partial charge in [0.25, 0.3) is 0 Å². The van der Waals surface area contributed by atoms with E-state index in [9.17, 15) is 4.39 Å². The molecule has 0 aliphatic carbocycles. The molecule has 3 rings (SSSR count). The van der Waals surface area contributed by atoms with Crippen molar-refractivity contribution in [2.45, 2.75) is 20.3 Å². The van der Waals surface area contributed by atoms with Crippen LogP contribution in [0, 0.1) is 12.7 Å². The van der Waals surface area contributed by atoms with E-state index in [-0.39, 0.29) is 5.82 Å². The molecule has 1 aromatic carbocycles. The Hall–Kier alpha value is -2.01. The highest BCUT2D eigenvalue weighted by Crippen LogP contribution is 2.30. The maximum absolute atomic E-state index is 13.3. The molecule has 2 aromatic heterocycles. The summed E-state index contributed by atoms with van der Waals surface area (Å²) >= 11 is 1.67. The molecular formula is C15H14FN3S. The van der Waals surface area contributed by atoms with Crippen LogP contribution < -0.4 is 5.32 Å². The molecule has 0 unspecified atom stereocenters. The Morgan fingerprint density at radius 1 is 1.25 bits per heavy atom. The molecule has 0 radical (unpaired) electrons. The molecule has 0 saturated heterocycles. The number of aryl methyl sites for hydroxylation is 2. The Bertz CT molecular complexity index is 767. The lowest BCUT2D eigenvalue weighted by atomic mass is 10.2. The standard InChI is InChI=1S/C15H14FN3S/c1-3-12-8-13-14(17-9(2)18-15(13)20-12)19-11-6-4-5-10(16)7-11/h4-8H,3H2,1-2H3,(H,17,18,19). The van der Waals surface area contributed by atoms with Gasteiger partial charge in [-0.15, -0.1) is 11.3 Å². The van der Waals surface area contributed by atoms with Crippen molar-refractivity contribution in [3.8, 4) is 0 Å². The minimum atomic E-state index is -0.267. The summed E-state index contributed by atoms with van der Waals surface area (Å²) in [6, 6.07) is 8.47. The van der Waals surface area contributed by atoms with E-state index in [1.807, 2.05) is 13.0 Å². The quantitative estimate of drug-likeness (QED) is 0.773. The van der Waals surface area contributed by atoms with Crippen LogP contribution in [0.4, 0.5) is 15.9 Å². The first-order valence-corrected chi connectivity index (χ1v) is 7.27. The summed E-state index contributed by atoms with van der Waals surface area (Å²) in [6.07, 6.45) is 0.972. The van der Waals surface area contributed by atoms with Crippen LogP contribution in [-0.4, -0.2) is 9.97 Å². The third-order valence-electron chi connectivity index (χ3n) is 2.99. The number of rotatable bonds is 3. The highest BCUT2D eigenvalue weighted by molar-refractivity contribution is 7.18.